The van der Waals surface area contributed by atoms with Gasteiger partial charge in [0.2, 0.25) is 0 Å². The third kappa shape index (κ3) is 4.19. The molecule has 9 nitrogen and oxygen atoms in total. The van der Waals surface area contributed by atoms with Gasteiger partial charge >= 0.3 is 11.9 Å². The number of rotatable bonds is 6. The summed E-state index contributed by atoms with van der Waals surface area (Å²) in [4.78, 5) is 63.8. The van der Waals surface area contributed by atoms with Gasteiger partial charge in [0.05, 0.1) is 23.7 Å². The third-order valence-corrected chi connectivity index (χ3v) is 5.36. The van der Waals surface area contributed by atoms with E-state index >= 15 is 0 Å². The summed E-state index contributed by atoms with van der Waals surface area (Å²) < 4.78 is 10.1. The summed E-state index contributed by atoms with van der Waals surface area (Å²) in [5, 5.41) is 0. The van der Waals surface area contributed by atoms with Crippen molar-refractivity contribution in [3.8, 4) is 0 Å². The van der Waals surface area contributed by atoms with Crippen molar-refractivity contribution in [2.75, 3.05) is 26.3 Å². The summed E-state index contributed by atoms with van der Waals surface area (Å²) in [7, 11) is 0. The minimum absolute atomic E-state index is 0.231. The number of piperidine rings is 1. The maximum absolute atomic E-state index is 12.5. The Bertz CT molecular complexity index is 839. The normalized spacial score (nSPS) is 17.5. The molecule has 0 aliphatic carbocycles. The molecule has 1 aromatic rings. The quantitative estimate of drug-likeness (QED) is 0.503. The van der Waals surface area contributed by atoms with Gasteiger partial charge in [0.15, 0.2) is 6.61 Å². The van der Waals surface area contributed by atoms with Crippen LogP contribution < -0.4 is 0 Å². The number of benzene rings is 1. The van der Waals surface area contributed by atoms with Crippen molar-refractivity contribution in [1.29, 1.82) is 0 Å². The Morgan fingerprint density at radius 1 is 1.03 bits per heavy atom. The molecule has 0 spiro atoms. The Balaban J connectivity index is 1.50. The lowest BCUT2D eigenvalue weighted by Crippen LogP contribution is -2.46. The fourth-order valence-corrected chi connectivity index (χ4v) is 3.63. The SMILES string of the molecule is CCOC(=O)C1CCN(C(=O)COC(=O)C(C)N2C(=O)c3ccccc3C2=O)CC1. The summed E-state index contributed by atoms with van der Waals surface area (Å²) >= 11 is 0. The van der Waals surface area contributed by atoms with Crippen LogP contribution in [0.25, 0.3) is 0 Å². The molecule has 160 valence electrons. The van der Waals surface area contributed by atoms with E-state index in [0.717, 1.165) is 4.90 Å². The molecule has 3 amide bonds. The lowest BCUT2D eigenvalue weighted by Gasteiger charge is -2.31. The van der Waals surface area contributed by atoms with E-state index < -0.39 is 30.4 Å². The van der Waals surface area contributed by atoms with Crippen molar-refractivity contribution in [2.45, 2.75) is 32.7 Å². The molecule has 0 N–H and O–H groups in total. The summed E-state index contributed by atoms with van der Waals surface area (Å²) in [5.41, 5.74) is 0.477. The van der Waals surface area contributed by atoms with Crippen molar-refractivity contribution >= 4 is 29.7 Å². The van der Waals surface area contributed by atoms with Crippen LogP contribution in [0.1, 0.15) is 47.4 Å². The Labute approximate surface area is 173 Å². The van der Waals surface area contributed by atoms with Crippen molar-refractivity contribution < 1.29 is 33.4 Å². The summed E-state index contributed by atoms with van der Waals surface area (Å²) in [5.74, 6) is -2.84. The molecule has 3 rings (SSSR count). The molecule has 2 heterocycles. The molecule has 1 atom stereocenters. The Kier molecular flexibility index (Phi) is 6.49. The fourth-order valence-electron chi connectivity index (χ4n) is 3.63. The number of imide groups is 1. The van der Waals surface area contributed by atoms with E-state index in [9.17, 15) is 24.0 Å². The van der Waals surface area contributed by atoms with E-state index in [4.69, 9.17) is 9.47 Å². The lowest BCUT2D eigenvalue weighted by molar-refractivity contribution is -0.156. The molecule has 0 aromatic heterocycles. The number of fused-ring (bicyclic) bond motifs is 1. The molecule has 0 radical (unpaired) electrons. The van der Waals surface area contributed by atoms with Gasteiger partial charge < -0.3 is 14.4 Å². The second-order valence-electron chi connectivity index (χ2n) is 7.22. The number of likely N-dealkylation sites (tertiary alicyclic amines) is 1. The van der Waals surface area contributed by atoms with Crippen LogP contribution in [0.2, 0.25) is 0 Å². The fraction of sp³-hybridized carbons (Fsp3) is 0.476. The van der Waals surface area contributed by atoms with Gasteiger partial charge in [-0.1, -0.05) is 12.1 Å². The Hall–Kier alpha value is -3.23. The number of ether oxygens (including phenoxy) is 2. The van der Waals surface area contributed by atoms with Gasteiger partial charge in [-0.3, -0.25) is 24.1 Å². The number of carbonyl (C=O) groups excluding carboxylic acids is 5. The molecule has 1 fully saturated rings. The molecular formula is C21H24N2O7. The minimum Gasteiger partial charge on any atom is -0.466 e. The molecule has 1 saturated heterocycles. The summed E-state index contributed by atoms with van der Waals surface area (Å²) in [6, 6.07) is 5.18. The van der Waals surface area contributed by atoms with E-state index in [1.54, 1.807) is 19.1 Å². The lowest BCUT2D eigenvalue weighted by atomic mass is 9.97. The summed E-state index contributed by atoms with van der Waals surface area (Å²) in [6.07, 6.45) is 0.980. The van der Waals surface area contributed by atoms with E-state index in [-0.39, 0.29) is 28.9 Å². The van der Waals surface area contributed by atoms with Crippen LogP contribution in [0.3, 0.4) is 0 Å². The highest BCUT2D eigenvalue weighted by Gasteiger charge is 2.41. The highest BCUT2D eigenvalue weighted by Crippen LogP contribution is 2.25. The van der Waals surface area contributed by atoms with Crippen LogP contribution in [0, 0.1) is 5.92 Å². The van der Waals surface area contributed by atoms with Gasteiger partial charge in [-0.15, -0.1) is 0 Å². The molecule has 0 bridgehead atoms. The standard InChI is InChI=1S/C21H24N2O7/c1-3-29-21(28)14-8-10-22(11-9-14)17(24)12-30-20(27)13(2)23-18(25)15-6-4-5-7-16(15)19(23)26/h4-7,13-14H,3,8-12H2,1-2H3. The summed E-state index contributed by atoms with van der Waals surface area (Å²) in [6.45, 7) is 3.70. The van der Waals surface area contributed by atoms with Crippen molar-refractivity contribution in [2.24, 2.45) is 5.92 Å². The molecule has 1 unspecified atom stereocenters. The average Bonchev–Trinajstić information content (AvgIpc) is 3.02. The van der Waals surface area contributed by atoms with Crippen LogP contribution >= 0.6 is 0 Å². The van der Waals surface area contributed by atoms with Crippen LogP contribution in [0.5, 0.6) is 0 Å². The highest BCUT2D eigenvalue weighted by atomic mass is 16.5. The predicted molar refractivity (Wildman–Crippen MR) is 103 cm³/mol. The Morgan fingerprint density at radius 2 is 1.60 bits per heavy atom. The van der Waals surface area contributed by atoms with Crippen LogP contribution in [-0.4, -0.2) is 71.8 Å². The molecule has 2 aliphatic rings. The van der Waals surface area contributed by atoms with E-state index in [1.807, 2.05) is 0 Å². The van der Waals surface area contributed by atoms with Crippen molar-refractivity contribution in [1.82, 2.24) is 9.80 Å². The van der Waals surface area contributed by atoms with E-state index in [2.05, 4.69) is 0 Å². The first-order valence-corrected chi connectivity index (χ1v) is 9.93. The number of hydrogen-bond donors (Lipinski definition) is 0. The predicted octanol–water partition coefficient (Wildman–Crippen LogP) is 1.02. The second kappa shape index (κ2) is 9.06. The molecule has 0 saturated carbocycles. The average molecular weight is 416 g/mol. The number of hydrogen-bond acceptors (Lipinski definition) is 7. The zero-order valence-electron chi connectivity index (χ0n) is 17.0. The molecule has 2 aliphatic heterocycles. The first-order valence-electron chi connectivity index (χ1n) is 9.93. The first-order chi connectivity index (χ1) is 14.3. The van der Waals surface area contributed by atoms with Gasteiger partial charge in [-0.25, -0.2) is 4.79 Å². The molecule has 9 heteroatoms. The smallest absolute Gasteiger partial charge is 0.329 e. The van der Waals surface area contributed by atoms with Crippen LogP contribution in [-0.2, 0) is 23.9 Å². The third-order valence-electron chi connectivity index (χ3n) is 5.36. The van der Waals surface area contributed by atoms with Gasteiger partial charge in [0.25, 0.3) is 17.7 Å². The van der Waals surface area contributed by atoms with E-state index in [0.29, 0.717) is 32.5 Å². The number of carbonyl (C=O) groups is 5. The molecule has 1 aromatic carbocycles. The van der Waals surface area contributed by atoms with E-state index in [1.165, 1.54) is 24.0 Å². The molecular weight excluding hydrogens is 392 g/mol. The Morgan fingerprint density at radius 3 is 2.13 bits per heavy atom. The highest BCUT2D eigenvalue weighted by molar-refractivity contribution is 6.22. The van der Waals surface area contributed by atoms with Crippen LogP contribution in [0.4, 0.5) is 0 Å². The number of nitrogens with zero attached hydrogens (tertiary/aromatic N) is 2. The minimum atomic E-state index is -1.15. The maximum atomic E-state index is 12.5. The van der Waals surface area contributed by atoms with Crippen molar-refractivity contribution in [3.63, 3.8) is 0 Å². The zero-order valence-corrected chi connectivity index (χ0v) is 17.0. The van der Waals surface area contributed by atoms with Gasteiger partial charge in [0, 0.05) is 13.1 Å². The second-order valence-corrected chi connectivity index (χ2v) is 7.22. The monoisotopic (exact) mass is 416 g/mol. The number of amides is 3. The van der Waals surface area contributed by atoms with Crippen molar-refractivity contribution in [3.05, 3.63) is 35.4 Å². The van der Waals surface area contributed by atoms with Crippen LogP contribution in [0.15, 0.2) is 24.3 Å². The van der Waals surface area contributed by atoms with Gasteiger partial charge in [-0.05, 0) is 38.8 Å². The topological polar surface area (TPSA) is 110 Å². The maximum Gasteiger partial charge on any atom is 0.329 e. The zero-order chi connectivity index (χ0) is 21.8. The molecule has 30 heavy (non-hydrogen) atoms. The van der Waals surface area contributed by atoms with Gasteiger partial charge in [0.1, 0.15) is 6.04 Å². The first kappa shape index (κ1) is 21.5. The largest absolute Gasteiger partial charge is 0.466 e. The number of esters is 2. The van der Waals surface area contributed by atoms with Gasteiger partial charge in [-0.2, -0.15) is 0 Å².